The molecule has 1 N–H and O–H groups in total. The normalized spacial score (nSPS) is 14.8. The molecule has 6 rings (SSSR count). The van der Waals surface area contributed by atoms with Gasteiger partial charge >= 0.3 is 0 Å². The number of rotatable bonds is 8. The molecule has 1 unspecified atom stereocenters. The third kappa shape index (κ3) is 5.37. The number of fused-ring (bicyclic) bond motifs is 1. The molecule has 0 amide bonds. The van der Waals surface area contributed by atoms with Gasteiger partial charge in [0.15, 0.2) is 5.82 Å². The zero-order valence-corrected chi connectivity index (χ0v) is 22.7. The Bertz CT molecular complexity index is 1640. The van der Waals surface area contributed by atoms with Crippen LogP contribution in [0.25, 0.3) is 10.9 Å². The van der Waals surface area contributed by atoms with Gasteiger partial charge in [0.1, 0.15) is 6.04 Å². The van der Waals surface area contributed by atoms with Gasteiger partial charge in [0.05, 0.1) is 6.04 Å². The van der Waals surface area contributed by atoms with Gasteiger partial charge in [-0.3, -0.25) is 9.69 Å². The average molecular weight is 539 g/mol. The lowest BCUT2D eigenvalue weighted by Crippen LogP contribution is -2.35. The number of nitrogens with one attached hydrogen (secondary N) is 1. The van der Waals surface area contributed by atoms with Crippen molar-refractivity contribution in [1.29, 1.82) is 0 Å². The van der Waals surface area contributed by atoms with Crippen LogP contribution in [0.3, 0.4) is 0 Å². The van der Waals surface area contributed by atoms with Crippen LogP contribution in [0.4, 0.5) is 0 Å². The first kappa shape index (κ1) is 25.5. The number of aromatic nitrogens is 5. The van der Waals surface area contributed by atoms with E-state index in [1.165, 1.54) is 0 Å². The molecule has 0 bridgehead atoms. The van der Waals surface area contributed by atoms with Crippen molar-refractivity contribution in [2.24, 2.45) is 0 Å². The SMILES string of the molecule is Cc1ccc2cc(C(c3nnnn3C3CCCC3)N(Cc3ccccc3)Cc3ccccc3Cl)c(=O)[nH]c2c1. The molecule has 8 heteroatoms. The van der Waals surface area contributed by atoms with Crippen LogP contribution in [0.15, 0.2) is 83.7 Å². The topological polar surface area (TPSA) is 79.7 Å². The first-order valence-corrected chi connectivity index (χ1v) is 13.9. The van der Waals surface area contributed by atoms with Gasteiger partial charge in [-0.15, -0.1) is 5.10 Å². The summed E-state index contributed by atoms with van der Waals surface area (Å²) in [5.41, 5.74) is 4.49. The number of pyridine rings is 1. The minimum atomic E-state index is -0.494. The molecule has 0 spiro atoms. The van der Waals surface area contributed by atoms with E-state index >= 15 is 0 Å². The molecule has 7 nitrogen and oxygen atoms in total. The first-order chi connectivity index (χ1) is 19.1. The molecule has 1 saturated carbocycles. The summed E-state index contributed by atoms with van der Waals surface area (Å²) in [7, 11) is 0. The van der Waals surface area contributed by atoms with Crippen molar-refractivity contribution in [1.82, 2.24) is 30.1 Å². The van der Waals surface area contributed by atoms with Gasteiger partial charge in [-0.25, -0.2) is 4.68 Å². The van der Waals surface area contributed by atoms with E-state index in [1.54, 1.807) is 0 Å². The van der Waals surface area contributed by atoms with Crippen LogP contribution in [-0.2, 0) is 13.1 Å². The summed E-state index contributed by atoms with van der Waals surface area (Å²) in [6.45, 7) is 3.12. The fraction of sp³-hybridized carbons (Fsp3) is 0.290. The van der Waals surface area contributed by atoms with Gasteiger partial charge in [-0.2, -0.15) is 0 Å². The molecular weight excluding hydrogens is 508 g/mol. The Balaban J connectivity index is 1.54. The predicted octanol–water partition coefficient (Wildman–Crippen LogP) is 6.38. The summed E-state index contributed by atoms with van der Waals surface area (Å²) < 4.78 is 1.96. The Morgan fingerprint density at radius 2 is 1.77 bits per heavy atom. The zero-order chi connectivity index (χ0) is 26.8. The molecule has 5 aromatic rings. The molecule has 2 aromatic heterocycles. The molecule has 39 heavy (non-hydrogen) atoms. The molecule has 1 aliphatic rings. The molecule has 1 aliphatic carbocycles. The minimum Gasteiger partial charge on any atom is -0.322 e. The van der Waals surface area contributed by atoms with Crippen molar-refractivity contribution in [3.63, 3.8) is 0 Å². The van der Waals surface area contributed by atoms with E-state index in [9.17, 15) is 4.79 Å². The lowest BCUT2D eigenvalue weighted by atomic mass is 10.0. The summed E-state index contributed by atoms with van der Waals surface area (Å²) in [4.78, 5) is 19.2. The quantitative estimate of drug-likeness (QED) is 0.248. The Labute approximate surface area is 232 Å². The van der Waals surface area contributed by atoms with Crippen LogP contribution >= 0.6 is 11.6 Å². The van der Waals surface area contributed by atoms with E-state index in [0.29, 0.717) is 29.5 Å². The van der Waals surface area contributed by atoms with E-state index in [2.05, 4.69) is 49.7 Å². The maximum absolute atomic E-state index is 13.8. The van der Waals surface area contributed by atoms with Crippen LogP contribution in [0.5, 0.6) is 0 Å². The van der Waals surface area contributed by atoms with Crippen molar-refractivity contribution < 1.29 is 0 Å². The average Bonchev–Trinajstić information content (AvgIpc) is 3.64. The van der Waals surface area contributed by atoms with Crippen molar-refractivity contribution in [2.45, 2.75) is 57.8 Å². The lowest BCUT2D eigenvalue weighted by molar-refractivity contribution is 0.190. The Morgan fingerprint density at radius 1 is 1.00 bits per heavy atom. The summed E-state index contributed by atoms with van der Waals surface area (Å²) in [5, 5.41) is 14.8. The third-order valence-electron chi connectivity index (χ3n) is 7.68. The smallest absolute Gasteiger partial charge is 0.253 e. The maximum Gasteiger partial charge on any atom is 0.253 e. The van der Waals surface area contributed by atoms with E-state index in [1.807, 2.05) is 66.2 Å². The standard InChI is InChI=1S/C31H31ClN6O/c1-21-15-16-23-18-26(31(39)33-28(23)17-21)29(30-34-35-36-38(30)25-12-6-7-13-25)37(19-22-9-3-2-4-10-22)20-24-11-5-8-14-27(24)32/h2-5,8-11,14-18,25,29H,6-7,12-13,19-20H2,1H3,(H,33,39). The van der Waals surface area contributed by atoms with E-state index in [-0.39, 0.29) is 11.6 Å². The largest absolute Gasteiger partial charge is 0.322 e. The predicted molar refractivity (Wildman–Crippen MR) is 154 cm³/mol. The second kappa shape index (κ2) is 11.1. The van der Waals surface area contributed by atoms with E-state index in [4.69, 9.17) is 11.6 Å². The number of tetrazole rings is 1. The number of nitrogens with zero attached hydrogens (tertiary/aromatic N) is 5. The zero-order valence-electron chi connectivity index (χ0n) is 21.9. The number of aryl methyl sites for hydroxylation is 1. The van der Waals surface area contributed by atoms with Gasteiger partial charge in [0, 0.05) is 29.2 Å². The van der Waals surface area contributed by atoms with Crippen molar-refractivity contribution in [2.75, 3.05) is 0 Å². The number of aromatic amines is 1. The Morgan fingerprint density at radius 3 is 2.56 bits per heavy atom. The van der Waals surface area contributed by atoms with Gasteiger partial charge in [-0.1, -0.05) is 85.1 Å². The highest BCUT2D eigenvalue weighted by Gasteiger charge is 2.33. The lowest BCUT2D eigenvalue weighted by Gasteiger charge is -2.32. The second-order valence-corrected chi connectivity index (χ2v) is 10.9. The summed E-state index contributed by atoms with van der Waals surface area (Å²) in [6.07, 6.45) is 4.36. The van der Waals surface area contributed by atoms with Gasteiger partial charge in [0.25, 0.3) is 5.56 Å². The highest BCUT2D eigenvalue weighted by Crippen LogP contribution is 2.35. The van der Waals surface area contributed by atoms with Gasteiger partial charge < -0.3 is 4.98 Å². The number of hydrogen-bond acceptors (Lipinski definition) is 5. The fourth-order valence-electron chi connectivity index (χ4n) is 5.73. The van der Waals surface area contributed by atoms with Crippen LogP contribution in [0.2, 0.25) is 5.02 Å². The molecular formula is C31H31ClN6O. The van der Waals surface area contributed by atoms with E-state index in [0.717, 1.165) is 53.3 Å². The highest BCUT2D eigenvalue weighted by atomic mass is 35.5. The van der Waals surface area contributed by atoms with Crippen LogP contribution in [-0.4, -0.2) is 30.1 Å². The molecule has 198 valence electrons. The minimum absolute atomic E-state index is 0.142. The van der Waals surface area contributed by atoms with Crippen LogP contribution in [0, 0.1) is 6.92 Å². The fourth-order valence-corrected chi connectivity index (χ4v) is 5.92. The maximum atomic E-state index is 13.8. The van der Waals surface area contributed by atoms with Crippen molar-refractivity contribution in [3.05, 3.63) is 122 Å². The summed E-state index contributed by atoms with van der Waals surface area (Å²) >= 11 is 6.67. The summed E-state index contributed by atoms with van der Waals surface area (Å²) in [5.74, 6) is 0.682. The molecule has 1 atom stereocenters. The number of H-pyrrole nitrogens is 1. The van der Waals surface area contributed by atoms with E-state index < -0.39 is 6.04 Å². The molecule has 3 aromatic carbocycles. The van der Waals surface area contributed by atoms with Crippen molar-refractivity contribution in [3.8, 4) is 0 Å². The third-order valence-corrected chi connectivity index (χ3v) is 8.05. The molecule has 0 radical (unpaired) electrons. The molecule has 0 saturated heterocycles. The van der Waals surface area contributed by atoms with Gasteiger partial charge in [-0.05, 0) is 70.5 Å². The molecule has 0 aliphatic heterocycles. The molecule has 2 heterocycles. The molecule has 1 fully saturated rings. The highest BCUT2D eigenvalue weighted by molar-refractivity contribution is 6.31. The number of hydrogen-bond donors (Lipinski definition) is 1. The number of benzene rings is 3. The van der Waals surface area contributed by atoms with Gasteiger partial charge in [0.2, 0.25) is 0 Å². The van der Waals surface area contributed by atoms with Crippen LogP contribution < -0.4 is 5.56 Å². The summed E-state index contributed by atoms with van der Waals surface area (Å²) in [6, 6.07) is 26.0. The monoisotopic (exact) mass is 538 g/mol. The first-order valence-electron chi connectivity index (χ1n) is 13.5. The Kier molecular flexibility index (Phi) is 7.26. The Hall–Kier alpha value is -3.81. The second-order valence-electron chi connectivity index (χ2n) is 10.4. The van der Waals surface area contributed by atoms with Crippen molar-refractivity contribution >= 4 is 22.5 Å². The number of halogens is 1. The van der Waals surface area contributed by atoms with Crippen LogP contribution in [0.1, 0.15) is 65.8 Å².